The zero-order valence-corrected chi connectivity index (χ0v) is 13.5. The van der Waals surface area contributed by atoms with Gasteiger partial charge in [0.25, 0.3) is 0 Å². The molecule has 0 bridgehead atoms. The topological polar surface area (TPSA) is 30.5 Å². The Morgan fingerprint density at radius 3 is 2.63 bits per heavy atom. The van der Waals surface area contributed by atoms with Crippen LogP contribution in [0.2, 0.25) is 0 Å². The minimum absolute atomic E-state index is 0.190. The molecular formula is C14H14INO2S. The molecule has 19 heavy (non-hydrogen) atoms. The zero-order chi connectivity index (χ0) is 13.2. The lowest BCUT2D eigenvalue weighted by atomic mass is 10.0. The first kappa shape index (κ1) is 13.2. The van der Waals surface area contributed by atoms with Gasteiger partial charge in [0, 0.05) is 0 Å². The first-order valence-electron chi connectivity index (χ1n) is 6.08. The molecule has 0 saturated heterocycles. The van der Waals surface area contributed by atoms with Crippen molar-refractivity contribution in [3.05, 3.63) is 43.7 Å². The molecule has 100 valence electrons. The largest absolute Gasteiger partial charge is 0.486 e. The highest BCUT2D eigenvalue weighted by molar-refractivity contribution is 14.1. The predicted molar refractivity (Wildman–Crippen MR) is 85.4 cm³/mol. The maximum absolute atomic E-state index is 5.65. The Hall–Kier alpha value is -0.790. The fraction of sp³-hybridized carbons (Fsp3) is 0.286. The number of hydrogen-bond acceptors (Lipinski definition) is 4. The van der Waals surface area contributed by atoms with Gasteiger partial charge in [-0.15, -0.1) is 11.3 Å². The molecule has 2 aromatic rings. The number of thiophene rings is 1. The van der Waals surface area contributed by atoms with Crippen molar-refractivity contribution < 1.29 is 9.47 Å². The summed E-state index contributed by atoms with van der Waals surface area (Å²) in [7, 11) is 1.98. The van der Waals surface area contributed by atoms with Gasteiger partial charge in [0.05, 0.1) is 8.93 Å². The van der Waals surface area contributed by atoms with Gasteiger partial charge in [-0.3, -0.25) is 0 Å². The van der Waals surface area contributed by atoms with Gasteiger partial charge < -0.3 is 14.8 Å². The van der Waals surface area contributed by atoms with E-state index in [2.05, 4.69) is 51.5 Å². The molecule has 0 spiro atoms. The van der Waals surface area contributed by atoms with E-state index >= 15 is 0 Å². The molecule has 5 heteroatoms. The Bertz CT molecular complexity index is 585. The minimum Gasteiger partial charge on any atom is -0.486 e. The van der Waals surface area contributed by atoms with E-state index in [1.165, 1.54) is 14.0 Å². The SMILES string of the molecule is CNC(c1csc(I)c1)c1ccc2c(c1)OCCO2. The lowest BCUT2D eigenvalue weighted by Gasteiger charge is -2.21. The smallest absolute Gasteiger partial charge is 0.161 e. The molecule has 2 heterocycles. The summed E-state index contributed by atoms with van der Waals surface area (Å²) in [6.07, 6.45) is 0. The Morgan fingerprint density at radius 1 is 1.16 bits per heavy atom. The second-order valence-electron chi connectivity index (χ2n) is 4.31. The van der Waals surface area contributed by atoms with Crippen molar-refractivity contribution in [1.29, 1.82) is 0 Å². The van der Waals surface area contributed by atoms with Crippen molar-refractivity contribution in [1.82, 2.24) is 5.32 Å². The molecule has 1 aliphatic heterocycles. The Kier molecular flexibility index (Phi) is 3.95. The molecule has 1 N–H and O–H groups in total. The quantitative estimate of drug-likeness (QED) is 0.819. The number of benzene rings is 1. The van der Waals surface area contributed by atoms with Gasteiger partial charge >= 0.3 is 0 Å². The molecule has 1 aliphatic rings. The van der Waals surface area contributed by atoms with Gasteiger partial charge in [-0.25, -0.2) is 0 Å². The van der Waals surface area contributed by atoms with Crippen molar-refractivity contribution in [2.75, 3.05) is 20.3 Å². The lowest BCUT2D eigenvalue weighted by molar-refractivity contribution is 0.171. The number of hydrogen-bond donors (Lipinski definition) is 1. The average Bonchev–Trinajstić information content (AvgIpc) is 2.86. The fourth-order valence-electron chi connectivity index (χ4n) is 2.24. The molecule has 1 atom stereocenters. The lowest BCUT2D eigenvalue weighted by Crippen LogP contribution is -2.19. The van der Waals surface area contributed by atoms with Crippen LogP contribution in [0.4, 0.5) is 0 Å². The summed E-state index contributed by atoms with van der Waals surface area (Å²) in [6.45, 7) is 1.25. The number of halogens is 1. The molecule has 0 fully saturated rings. The molecule has 0 aliphatic carbocycles. The molecule has 3 rings (SSSR count). The van der Waals surface area contributed by atoms with E-state index in [1.54, 1.807) is 11.3 Å². The minimum atomic E-state index is 0.190. The standard InChI is InChI=1S/C14H14INO2S/c1-16-14(10-7-13(15)19-8-10)9-2-3-11-12(6-9)18-5-4-17-11/h2-3,6-8,14,16H,4-5H2,1H3. The van der Waals surface area contributed by atoms with E-state index in [1.807, 2.05) is 13.1 Å². The first-order valence-corrected chi connectivity index (χ1v) is 8.04. The summed E-state index contributed by atoms with van der Waals surface area (Å²) < 4.78 is 12.5. The van der Waals surface area contributed by atoms with Crippen LogP contribution in [0.5, 0.6) is 11.5 Å². The summed E-state index contributed by atoms with van der Waals surface area (Å²) in [5.41, 5.74) is 2.48. The highest BCUT2D eigenvalue weighted by Gasteiger charge is 2.18. The van der Waals surface area contributed by atoms with Crippen LogP contribution in [0.3, 0.4) is 0 Å². The van der Waals surface area contributed by atoms with Crippen LogP contribution >= 0.6 is 33.9 Å². The van der Waals surface area contributed by atoms with Crippen LogP contribution in [0.25, 0.3) is 0 Å². The van der Waals surface area contributed by atoms with Crippen LogP contribution in [0.1, 0.15) is 17.2 Å². The normalized spacial score (nSPS) is 15.3. The van der Waals surface area contributed by atoms with Crippen molar-refractivity contribution >= 4 is 33.9 Å². The summed E-state index contributed by atoms with van der Waals surface area (Å²) in [5, 5.41) is 5.56. The Labute approximate surface area is 130 Å². The molecule has 3 nitrogen and oxygen atoms in total. The van der Waals surface area contributed by atoms with Crippen molar-refractivity contribution in [3.63, 3.8) is 0 Å². The van der Waals surface area contributed by atoms with E-state index in [0.29, 0.717) is 13.2 Å². The third-order valence-electron chi connectivity index (χ3n) is 3.11. The summed E-state index contributed by atoms with van der Waals surface area (Å²) in [4.78, 5) is 0. The van der Waals surface area contributed by atoms with Gasteiger partial charge in [0.2, 0.25) is 0 Å². The van der Waals surface area contributed by atoms with E-state index in [9.17, 15) is 0 Å². The molecular weight excluding hydrogens is 373 g/mol. The van der Waals surface area contributed by atoms with E-state index < -0.39 is 0 Å². The van der Waals surface area contributed by atoms with Gasteiger partial charge in [-0.05, 0) is 64.3 Å². The maximum Gasteiger partial charge on any atom is 0.161 e. The highest BCUT2D eigenvalue weighted by Crippen LogP contribution is 2.35. The molecule has 1 aromatic heterocycles. The van der Waals surface area contributed by atoms with Crippen LogP contribution in [-0.4, -0.2) is 20.3 Å². The zero-order valence-electron chi connectivity index (χ0n) is 10.5. The van der Waals surface area contributed by atoms with Crippen molar-refractivity contribution in [2.45, 2.75) is 6.04 Å². The third kappa shape index (κ3) is 2.73. The predicted octanol–water partition coefficient (Wildman–Crippen LogP) is 3.43. The molecule has 0 radical (unpaired) electrons. The van der Waals surface area contributed by atoms with E-state index in [0.717, 1.165) is 11.5 Å². The van der Waals surface area contributed by atoms with E-state index in [-0.39, 0.29) is 6.04 Å². The molecule has 0 amide bonds. The van der Waals surface area contributed by atoms with Crippen molar-refractivity contribution in [3.8, 4) is 11.5 Å². The number of fused-ring (bicyclic) bond motifs is 1. The molecule has 0 saturated carbocycles. The molecule has 1 unspecified atom stereocenters. The monoisotopic (exact) mass is 387 g/mol. The Morgan fingerprint density at radius 2 is 1.95 bits per heavy atom. The summed E-state index contributed by atoms with van der Waals surface area (Å²) in [6, 6.07) is 8.56. The van der Waals surface area contributed by atoms with Gasteiger partial charge in [-0.1, -0.05) is 6.07 Å². The molecule has 1 aromatic carbocycles. The van der Waals surface area contributed by atoms with Gasteiger partial charge in [-0.2, -0.15) is 0 Å². The average molecular weight is 387 g/mol. The number of rotatable bonds is 3. The number of nitrogens with one attached hydrogen (secondary N) is 1. The van der Waals surface area contributed by atoms with Crippen molar-refractivity contribution in [2.24, 2.45) is 0 Å². The number of ether oxygens (including phenoxy) is 2. The van der Waals surface area contributed by atoms with Crippen LogP contribution in [0, 0.1) is 2.88 Å². The van der Waals surface area contributed by atoms with E-state index in [4.69, 9.17) is 9.47 Å². The fourth-order valence-corrected chi connectivity index (χ4v) is 3.64. The second-order valence-corrected chi connectivity index (χ2v) is 7.11. The summed E-state index contributed by atoms with van der Waals surface area (Å²) >= 11 is 4.11. The second kappa shape index (κ2) is 5.68. The van der Waals surface area contributed by atoms with Crippen LogP contribution in [-0.2, 0) is 0 Å². The highest BCUT2D eigenvalue weighted by atomic mass is 127. The maximum atomic E-state index is 5.65. The van der Waals surface area contributed by atoms with Gasteiger partial charge in [0.1, 0.15) is 13.2 Å². The third-order valence-corrected chi connectivity index (χ3v) is 4.92. The van der Waals surface area contributed by atoms with Crippen LogP contribution < -0.4 is 14.8 Å². The van der Waals surface area contributed by atoms with Crippen LogP contribution in [0.15, 0.2) is 29.6 Å². The first-order chi connectivity index (χ1) is 9.28. The Balaban J connectivity index is 1.95. The summed E-state index contributed by atoms with van der Waals surface area (Å²) in [5.74, 6) is 1.68. The van der Waals surface area contributed by atoms with Gasteiger partial charge in [0.15, 0.2) is 11.5 Å².